The van der Waals surface area contributed by atoms with Gasteiger partial charge in [0.1, 0.15) is 13.2 Å². The summed E-state index contributed by atoms with van der Waals surface area (Å²) < 4.78 is 13.5. The molecule has 0 unspecified atom stereocenters. The summed E-state index contributed by atoms with van der Waals surface area (Å²) in [4.78, 5) is 19.8. The van der Waals surface area contributed by atoms with Gasteiger partial charge in [0.05, 0.1) is 17.6 Å². The van der Waals surface area contributed by atoms with Crippen LogP contribution in [-0.4, -0.2) is 43.3 Å². The lowest BCUT2D eigenvalue weighted by Gasteiger charge is -2.30. The first-order chi connectivity index (χ1) is 17.7. The molecule has 1 saturated carbocycles. The van der Waals surface area contributed by atoms with Gasteiger partial charge in [-0.15, -0.1) is 16.4 Å². The molecule has 9 nitrogen and oxygen atoms in total. The zero-order chi connectivity index (χ0) is 24.5. The average molecular weight is 507 g/mol. The molecule has 0 bridgehead atoms. The van der Waals surface area contributed by atoms with Crippen molar-refractivity contribution in [3.63, 3.8) is 0 Å². The van der Waals surface area contributed by atoms with Crippen molar-refractivity contribution in [2.75, 3.05) is 13.2 Å². The van der Waals surface area contributed by atoms with Crippen LogP contribution >= 0.6 is 11.3 Å². The van der Waals surface area contributed by atoms with Gasteiger partial charge in [0, 0.05) is 35.0 Å². The number of thiophene rings is 1. The zero-order valence-electron chi connectivity index (χ0n) is 20.4. The molecule has 0 radical (unpaired) electrons. The topological polar surface area (TPSA) is 98.2 Å². The summed E-state index contributed by atoms with van der Waals surface area (Å²) in [5.74, 6) is 2.27. The fourth-order valence-electron chi connectivity index (χ4n) is 5.44. The van der Waals surface area contributed by atoms with Gasteiger partial charge in [-0.1, -0.05) is 25.8 Å². The van der Waals surface area contributed by atoms with Gasteiger partial charge in [-0.25, -0.2) is 4.68 Å². The van der Waals surface area contributed by atoms with Gasteiger partial charge in [0.25, 0.3) is 5.56 Å². The molecule has 1 N–H and O–H groups in total. The maximum atomic E-state index is 13.2. The molecule has 6 rings (SSSR count). The molecule has 1 aromatic carbocycles. The molecule has 4 aromatic rings. The molecule has 10 heteroatoms. The number of hydrogen-bond acceptors (Lipinski definition) is 8. The summed E-state index contributed by atoms with van der Waals surface area (Å²) in [6, 6.07) is 10.3. The van der Waals surface area contributed by atoms with Crippen molar-refractivity contribution in [3.8, 4) is 11.5 Å². The molecule has 36 heavy (non-hydrogen) atoms. The molecular weight excluding hydrogens is 476 g/mol. The molecule has 1 aliphatic heterocycles. The molecule has 0 amide bonds. The lowest BCUT2D eigenvalue weighted by Crippen LogP contribution is -2.32. The van der Waals surface area contributed by atoms with Crippen LogP contribution in [0.5, 0.6) is 11.5 Å². The van der Waals surface area contributed by atoms with Crippen molar-refractivity contribution < 1.29 is 9.47 Å². The number of aromatic nitrogens is 5. The Morgan fingerprint density at radius 2 is 1.97 bits per heavy atom. The van der Waals surface area contributed by atoms with Crippen LogP contribution in [0.15, 0.2) is 40.5 Å². The lowest BCUT2D eigenvalue weighted by atomic mass is 10.1. The van der Waals surface area contributed by atoms with Crippen LogP contribution in [0, 0.1) is 0 Å². The van der Waals surface area contributed by atoms with E-state index in [1.54, 1.807) is 11.3 Å². The summed E-state index contributed by atoms with van der Waals surface area (Å²) in [5.41, 5.74) is 1.35. The van der Waals surface area contributed by atoms with Gasteiger partial charge in [-0.05, 0) is 53.3 Å². The molecule has 1 fully saturated rings. The highest BCUT2D eigenvalue weighted by Gasteiger charge is 2.30. The normalized spacial score (nSPS) is 16.7. The SMILES string of the molecule is CC[C@H](c1nnnn1C1CCCC1)N(Cc1cccs1)Cc1cc2cc3c(cc2[nH]c1=O)OCCO3. The van der Waals surface area contributed by atoms with Crippen molar-refractivity contribution in [2.24, 2.45) is 0 Å². The van der Waals surface area contributed by atoms with E-state index in [0.29, 0.717) is 49.4 Å². The minimum atomic E-state index is -0.0967. The Bertz CT molecular complexity index is 1390. The van der Waals surface area contributed by atoms with E-state index in [4.69, 9.17) is 9.47 Å². The molecular formula is C26H30N6O3S. The number of H-pyrrole nitrogens is 1. The highest BCUT2D eigenvalue weighted by atomic mass is 32.1. The number of hydrogen-bond donors (Lipinski definition) is 1. The Hall–Kier alpha value is -3.24. The number of nitrogens with zero attached hydrogens (tertiary/aromatic N) is 5. The van der Waals surface area contributed by atoms with Crippen molar-refractivity contribution in [2.45, 2.75) is 64.2 Å². The van der Waals surface area contributed by atoms with E-state index in [9.17, 15) is 4.79 Å². The fourth-order valence-corrected chi connectivity index (χ4v) is 6.17. The first-order valence-corrected chi connectivity index (χ1v) is 13.6. The standard InChI is InChI=1S/C26H30N6O3S/c1-2-22(25-28-29-30-32(25)19-6-3-4-7-19)31(16-20-8-5-11-36-20)15-18-12-17-13-23-24(35-10-9-34-23)14-21(17)27-26(18)33/h5,8,11-14,19,22H,2-4,6-7,9-10,15-16H2,1H3,(H,27,33)/t22-/m1/s1. The Labute approximate surface area is 213 Å². The van der Waals surface area contributed by atoms with Crippen molar-refractivity contribution in [1.82, 2.24) is 30.1 Å². The first kappa shape index (κ1) is 23.2. The number of benzene rings is 1. The van der Waals surface area contributed by atoms with Crippen LogP contribution in [0.25, 0.3) is 10.9 Å². The van der Waals surface area contributed by atoms with E-state index < -0.39 is 0 Å². The molecule has 1 aliphatic carbocycles. The summed E-state index contributed by atoms with van der Waals surface area (Å²) in [6.45, 7) is 4.39. The van der Waals surface area contributed by atoms with Gasteiger partial charge in [0.2, 0.25) is 0 Å². The third-order valence-corrected chi connectivity index (χ3v) is 8.07. The van der Waals surface area contributed by atoms with Gasteiger partial charge in [-0.2, -0.15) is 0 Å². The smallest absolute Gasteiger partial charge is 0.252 e. The maximum Gasteiger partial charge on any atom is 0.252 e. The predicted octanol–water partition coefficient (Wildman–Crippen LogP) is 4.62. The molecule has 188 valence electrons. The maximum absolute atomic E-state index is 13.2. The van der Waals surface area contributed by atoms with Gasteiger partial charge in [-0.3, -0.25) is 9.69 Å². The van der Waals surface area contributed by atoms with Crippen LogP contribution in [0.3, 0.4) is 0 Å². The van der Waals surface area contributed by atoms with E-state index in [-0.39, 0.29) is 11.6 Å². The van der Waals surface area contributed by atoms with E-state index in [1.807, 2.05) is 22.9 Å². The third-order valence-electron chi connectivity index (χ3n) is 7.21. The second kappa shape index (κ2) is 10.0. The minimum absolute atomic E-state index is 0.0157. The average Bonchev–Trinajstić information content (AvgIpc) is 3.67. The van der Waals surface area contributed by atoms with Crippen LogP contribution < -0.4 is 15.0 Å². The zero-order valence-corrected chi connectivity index (χ0v) is 21.2. The second-order valence-electron chi connectivity index (χ2n) is 9.54. The lowest BCUT2D eigenvalue weighted by molar-refractivity contribution is 0.159. The summed E-state index contributed by atoms with van der Waals surface area (Å²) in [7, 11) is 0. The van der Waals surface area contributed by atoms with Crippen LogP contribution in [-0.2, 0) is 13.1 Å². The van der Waals surface area contributed by atoms with E-state index in [2.05, 4.69) is 49.8 Å². The Morgan fingerprint density at radius 1 is 1.17 bits per heavy atom. The molecule has 2 aliphatic rings. The van der Waals surface area contributed by atoms with Gasteiger partial charge in [0.15, 0.2) is 17.3 Å². The van der Waals surface area contributed by atoms with E-state index >= 15 is 0 Å². The highest BCUT2D eigenvalue weighted by Crippen LogP contribution is 2.35. The predicted molar refractivity (Wildman–Crippen MR) is 137 cm³/mol. The molecule has 0 saturated heterocycles. The monoisotopic (exact) mass is 506 g/mol. The van der Waals surface area contributed by atoms with Crippen LogP contribution in [0.1, 0.15) is 67.4 Å². The van der Waals surface area contributed by atoms with E-state index in [0.717, 1.165) is 36.0 Å². The van der Waals surface area contributed by atoms with Crippen molar-refractivity contribution >= 4 is 22.2 Å². The Kier molecular flexibility index (Phi) is 6.45. The highest BCUT2D eigenvalue weighted by molar-refractivity contribution is 7.09. The van der Waals surface area contributed by atoms with Gasteiger partial charge < -0.3 is 14.5 Å². The van der Waals surface area contributed by atoms with Crippen LogP contribution in [0.2, 0.25) is 0 Å². The number of aromatic amines is 1. The van der Waals surface area contributed by atoms with Crippen LogP contribution in [0.4, 0.5) is 0 Å². The number of ether oxygens (including phenoxy) is 2. The number of rotatable bonds is 8. The summed E-state index contributed by atoms with van der Waals surface area (Å²) in [5, 5.41) is 16.0. The number of fused-ring (bicyclic) bond motifs is 2. The quantitative estimate of drug-likeness (QED) is 0.372. The number of pyridine rings is 1. The molecule has 3 aromatic heterocycles. The summed E-state index contributed by atoms with van der Waals surface area (Å²) in [6.07, 6.45) is 5.48. The minimum Gasteiger partial charge on any atom is -0.486 e. The number of nitrogens with one attached hydrogen (secondary N) is 1. The van der Waals surface area contributed by atoms with Crippen molar-refractivity contribution in [1.29, 1.82) is 0 Å². The van der Waals surface area contributed by atoms with Gasteiger partial charge >= 0.3 is 0 Å². The molecule has 0 spiro atoms. The second-order valence-corrected chi connectivity index (χ2v) is 10.6. The van der Waals surface area contributed by atoms with Crippen molar-refractivity contribution in [3.05, 3.63) is 62.3 Å². The molecule has 4 heterocycles. The first-order valence-electron chi connectivity index (χ1n) is 12.7. The Balaban J connectivity index is 1.37. The van der Waals surface area contributed by atoms with E-state index in [1.165, 1.54) is 17.7 Å². The largest absolute Gasteiger partial charge is 0.486 e. The number of tetrazole rings is 1. The fraction of sp³-hybridized carbons (Fsp3) is 0.462. The Morgan fingerprint density at radius 3 is 2.72 bits per heavy atom. The third kappa shape index (κ3) is 4.51. The molecule has 1 atom stereocenters. The summed E-state index contributed by atoms with van der Waals surface area (Å²) >= 11 is 1.72.